The van der Waals surface area contributed by atoms with Crippen LogP contribution < -0.4 is 4.90 Å². The number of benzene rings is 2. The molecule has 25 heavy (non-hydrogen) atoms. The Morgan fingerprint density at radius 3 is 2.64 bits per heavy atom. The maximum absolute atomic E-state index is 13.1. The van der Waals surface area contributed by atoms with Gasteiger partial charge in [-0.2, -0.15) is 0 Å². The van der Waals surface area contributed by atoms with E-state index in [1.165, 1.54) is 29.0 Å². The molecule has 0 unspecified atom stereocenters. The minimum absolute atomic E-state index is 0.0461. The Morgan fingerprint density at radius 2 is 1.96 bits per heavy atom. The average molecular weight is 354 g/mol. The lowest BCUT2D eigenvalue weighted by atomic mass is 10.1. The van der Waals surface area contributed by atoms with Gasteiger partial charge in [-0.3, -0.25) is 4.79 Å². The van der Waals surface area contributed by atoms with Gasteiger partial charge in [-0.05, 0) is 44.2 Å². The lowest BCUT2D eigenvalue weighted by Gasteiger charge is -2.20. The first-order chi connectivity index (χ1) is 12.1. The Bertz CT molecular complexity index is 873. The third-order valence-electron chi connectivity index (χ3n) is 3.90. The van der Waals surface area contributed by atoms with Gasteiger partial charge in [0.25, 0.3) is 0 Å². The van der Waals surface area contributed by atoms with Crippen molar-refractivity contribution in [3.63, 3.8) is 0 Å². The number of carbonyl (C=O) groups excluding carboxylic acids is 1. The Morgan fingerprint density at radius 1 is 1.20 bits per heavy atom. The van der Waals surface area contributed by atoms with Crippen LogP contribution in [0.1, 0.15) is 18.2 Å². The van der Waals surface area contributed by atoms with Crippen molar-refractivity contribution in [1.29, 1.82) is 0 Å². The number of carbonyl (C=O) groups is 1. The SMILES string of the molecule is CCN(C(=O)Cc1csc(-c2cccc(C)c2)n1)c1ccc(F)cc1. The molecule has 3 rings (SSSR count). The van der Waals surface area contributed by atoms with E-state index in [-0.39, 0.29) is 18.1 Å². The fraction of sp³-hybridized carbons (Fsp3) is 0.200. The molecule has 0 saturated heterocycles. The number of halogens is 1. The van der Waals surface area contributed by atoms with E-state index in [4.69, 9.17) is 0 Å². The molecule has 1 aromatic heterocycles. The third kappa shape index (κ3) is 4.12. The number of hydrogen-bond acceptors (Lipinski definition) is 3. The van der Waals surface area contributed by atoms with Crippen LogP contribution in [0.5, 0.6) is 0 Å². The van der Waals surface area contributed by atoms with Crippen molar-refractivity contribution in [3.05, 3.63) is 71.0 Å². The maximum atomic E-state index is 13.1. The van der Waals surface area contributed by atoms with Crippen LogP contribution in [-0.2, 0) is 11.2 Å². The highest BCUT2D eigenvalue weighted by Gasteiger charge is 2.16. The normalized spacial score (nSPS) is 10.7. The first-order valence-corrected chi connectivity index (χ1v) is 9.02. The second-order valence-corrected chi connectivity index (χ2v) is 6.66. The minimum Gasteiger partial charge on any atom is -0.312 e. The van der Waals surface area contributed by atoms with E-state index in [0.717, 1.165) is 16.3 Å². The first-order valence-electron chi connectivity index (χ1n) is 8.14. The highest BCUT2D eigenvalue weighted by molar-refractivity contribution is 7.13. The molecule has 5 heteroatoms. The Labute approximate surface area is 150 Å². The predicted molar refractivity (Wildman–Crippen MR) is 100 cm³/mol. The van der Waals surface area contributed by atoms with Gasteiger partial charge in [-0.15, -0.1) is 11.3 Å². The molecule has 0 spiro atoms. The molecule has 2 aromatic carbocycles. The molecule has 0 saturated carbocycles. The van der Waals surface area contributed by atoms with Crippen molar-refractivity contribution >= 4 is 22.9 Å². The zero-order valence-electron chi connectivity index (χ0n) is 14.2. The highest BCUT2D eigenvalue weighted by atomic mass is 32.1. The number of aryl methyl sites for hydroxylation is 1. The number of rotatable bonds is 5. The molecule has 0 radical (unpaired) electrons. The van der Waals surface area contributed by atoms with Crippen LogP contribution in [0.25, 0.3) is 10.6 Å². The van der Waals surface area contributed by atoms with E-state index in [1.807, 2.05) is 37.4 Å². The van der Waals surface area contributed by atoms with E-state index in [2.05, 4.69) is 11.1 Å². The zero-order chi connectivity index (χ0) is 17.8. The Balaban J connectivity index is 1.75. The second-order valence-electron chi connectivity index (χ2n) is 5.80. The molecule has 0 N–H and O–H groups in total. The van der Waals surface area contributed by atoms with Gasteiger partial charge >= 0.3 is 0 Å². The van der Waals surface area contributed by atoms with Crippen molar-refractivity contribution in [3.8, 4) is 10.6 Å². The summed E-state index contributed by atoms with van der Waals surface area (Å²) in [5.74, 6) is -0.357. The van der Waals surface area contributed by atoms with Crippen molar-refractivity contribution in [2.24, 2.45) is 0 Å². The molecule has 0 aliphatic heterocycles. The number of thiazole rings is 1. The summed E-state index contributed by atoms with van der Waals surface area (Å²) in [5, 5.41) is 2.84. The van der Waals surface area contributed by atoms with E-state index in [9.17, 15) is 9.18 Å². The minimum atomic E-state index is -0.311. The third-order valence-corrected chi connectivity index (χ3v) is 4.84. The van der Waals surface area contributed by atoms with Crippen LogP contribution in [0.4, 0.5) is 10.1 Å². The van der Waals surface area contributed by atoms with Crippen LogP contribution in [0, 0.1) is 12.7 Å². The summed E-state index contributed by atoms with van der Waals surface area (Å²) in [6.45, 7) is 4.48. The van der Waals surface area contributed by atoms with Gasteiger partial charge < -0.3 is 4.90 Å². The highest BCUT2D eigenvalue weighted by Crippen LogP contribution is 2.25. The number of hydrogen-bond donors (Lipinski definition) is 0. The van der Waals surface area contributed by atoms with Crippen LogP contribution in [0.2, 0.25) is 0 Å². The largest absolute Gasteiger partial charge is 0.312 e. The van der Waals surface area contributed by atoms with Gasteiger partial charge in [0.05, 0.1) is 12.1 Å². The number of nitrogens with zero attached hydrogens (tertiary/aromatic N) is 2. The van der Waals surface area contributed by atoms with Gasteiger partial charge in [0, 0.05) is 23.2 Å². The monoisotopic (exact) mass is 354 g/mol. The summed E-state index contributed by atoms with van der Waals surface area (Å²) in [4.78, 5) is 18.9. The summed E-state index contributed by atoms with van der Waals surface area (Å²) >= 11 is 1.54. The molecule has 3 nitrogen and oxygen atoms in total. The van der Waals surface area contributed by atoms with Crippen LogP contribution >= 0.6 is 11.3 Å². The van der Waals surface area contributed by atoms with Gasteiger partial charge in [0.1, 0.15) is 10.8 Å². The molecule has 0 bridgehead atoms. The summed E-state index contributed by atoms with van der Waals surface area (Å²) in [6, 6.07) is 14.1. The van der Waals surface area contributed by atoms with E-state index < -0.39 is 0 Å². The number of anilines is 1. The fourth-order valence-electron chi connectivity index (χ4n) is 2.67. The predicted octanol–water partition coefficient (Wildman–Crippen LogP) is 4.85. The van der Waals surface area contributed by atoms with Crippen molar-refractivity contribution in [2.75, 3.05) is 11.4 Å². The second kappa shape index (κ2) is 7.57. The number of likely N-dealkylation sites (N-methyl/N-ethyl adjacent to an activating group) is 1. The molecule has 0 aliphatic rings. The molecule has 0 fully saturated rings. The van der Waals surface area contributed by atoms with E-state index >= 15 is 0 Å². The number of amides is 1. The molecular weight excluding hydrogens is 335 g/mol. The summed E-state index contributed by atoms with van der Waals surface area (Å²) < 4.78 is 13.1. The van der Waals surface area contributed by atoms with Gasteiger partial charge in [0.15, 0.2) is 0 Å². The zero-order valence-corrected chi connectivity index (χ0v) is 15.0. The van der Waals surface area contributed by atoms with Crippen LogP contribution in [-0.4, -0.2) is 17.4 Å². The molecule has 3 aromatic rings. The topological polar surface area (TPSA) is 33.2 Å². The molecule has 128 valence electrons. The summed E-state index contributed by atoms with van der Waals surface area (Å²) in [5.41, 5.74) is 3.70. The van der Waals surface area contributed by atoms with Crippen LogP contribution in [0.3, 0.4) is 0 Å². The van der Waals surface area contributed by atoms with Gasteiger partial charge in [0.2, 0.25) is 5.91 Å². The van der Waals surface area contributed by atoms with Gasteiger partial charge in [-0.25, -0.2) is 9.37 Å². The molecular formula is C20H19FN2OS. The summed E-state index contributed by atoms with van der Waals surface area (Å²) in [7, 11) is 0. The lowest BCUT2D eigenvalue weighted by molar-refractivity contribution is -0.118. The van der Waals surface area contributed by atoms with E-state index in [0.29, 0.717) is 12.2 Å². The van der Waals surface area contributed by atoms with Crippen molar-refractivity contribution in [2.45, 2.75) is 20.3 Å². The summed E-state index contributed by atoms with van der Waals surface area (Å²) in [6.07, 6.45) is 0.230. The molecule has 1 heterocycles. The standard InChI is InChI=1S/C20H19FN2OS/c1-3-23(18-9-7-16(21)8-10-18)19(24)12-17-13-25-20(22-17)15-6-4-5-14(2)11-15/h4-11,13H,3,12H2,1-2H3. The Hall–Kier alpha value is -2.53. The maximum Gasteiger partial charge on any atom is 0.233 e. The average Bonchev–Trinajstić information content (AvgIpc) is 3.06. The number of aromatic nitrogens is 1. The van der Waals surface area contributed by atoms with E-state index in [1.54, 1.807) is 17.0 Å². The Kier molecular flexibility index (Phi) is 5.24. The van der Waals surface area contributed by atoms with Crippen molar-refractivity contribution < 1.29 is 9.18 Å². The molecule has 0 atom stereocenters. The smallest absolute Gasteiger partial charge is 0.233 e. The van der Waals surface area contributed by atoms with Crippen LogP contribution in [0.15, 0.2) is 53.9 Å². The van der Waals surface area contributed by atoms with Gasteiger partial charge in [-0.1, -0.05) is 23.8 Å². The fourth-order valence-corrected chi connectivity index (χ4v) is 3.49. The lowest BCUT2D eigenvalue weighted by Crippen LogP contribution is -2.32. The molecule has 0 aliphatic carbocycles. The first kappa shape index (κ1) is 17.3. The molecule has 1 amide bonds. The quantitative estimate of drug-likeness (QED) is 0.656. The van der Waals surface area contributed by atoms with Crippen molar-refractivity contribution in [1.82, 2.24) is 4.98 Å².